The Hall–Kier alpha value is -1.12. The molecule has 0 aliphatic carbocycles. The van der Waals surface area contributed by atoms with Crippen LogP contribution in [0.25, 0.3) is 0 Å². The van der Waals surface area contributed by atoms with E-state index in [-0.39, 0.29) is 5.92 Å². The van der Waals surface area contributed by atoms with Gasteiger partial charge in [-0.15, -0.1) is 0 Å². The van der Waals surface area contributed by atoms with Gasteiger partial charge in [-0.3, -0.25) is 0 Å². The van der Waals surface area contributed by atoms with Crippen LogP contribution in [0.15, 0.2) is 6.20 Å². The smallest absolute Gasteiger partial charge is 0.213 e. The van der Waals surface area contributed by atoms with Crippen molar-refractivity contribution in [2.45, 2.75) is 33.6 Å². The molecule has 0 aliphatic heterocycles. The summed E-state index contributed by atoms with van der Waals surface area (Å²) in [5.41, 5.74) is 2.23. The van der Waals surface area contributed by atoms with Crippen molar-refractivity contribution in [3.05, 3.63) is 28.5 Å². The Labute approximate surface area is 72.7 Å². The van der Waals surface area contributed by atoms with Gasteiger partial charge in [0.05, 0.1) is 6.20 Å². The maximum Gasteiger partial charge on any atom is 0.213 e. The zero-order valence-electron chi connectivity index (χ0n) is 7.96. The summed E-state index contributed by atoms with van der Waals surface area (Å²) in [5.74, 6) is 0.231. The molecule has 1 aromatic heterocycles. The van der Waals surface area contributed by atoms with Crippen LogP contribution in [0.2, 0.25) is 0 Å². The molecule has 3 nitrogen and oxygen atoms in total. The molecule has 0 saturated heterocycles. The summed E-state index contributed by atoms with van der Waals surface area (Å²) >= 11 is 0. The maximum atomic E-state index is 11.5. The maximum absolute atomic E-state index is 11.5. The fourth-order valence-electron chi connectivity index (χ4n) is 1.03. The van der Waals surface area contributed by atoms with Crippen molar-refractivity contribution in [1.82, 2.24) is 4.98 Å². The highest BCUT2D eigenvalue weighted by Gasteiger charge is 2.14. The topological polar surface area (TPSA) is 39.8 Å². The van der Waals surface area contributed by atoms with E-state index in [0.717, 1.165) is 16.1 Å². The Morgan fingerprint density at radius 1 is 1.42 bits per heavy atom. The molecule has 3 heteroatoms. The lowest BCUT2D eigenvalue weighted by Gasteiger charge is -2.09. The molecule has 0 radical (unpaired) electrons. The van der Waals surface area contributed by atoms with Crippen LogP contribution in [0.5, 0.6) is 0 Å². The van der Waals surface area contributed by atoms with Crippen LogP contribution in [0.3, 0.4) is 0 Å². The molecule has 0 unspecified atom stereocenters. The van der Waals surface area contributed by atoms with Gasteiger partial charge in [0.15, 0.2) is 0 Å². The molecule has 0 spiro atoms. The average molecular weight is 166 g/mol. The fourth-order valence-corrected chi connectivity index (χ4v) is 1.03. The summed E-state index contributed by atoms with van der Waals surface area (Å²) in [6.45, 7) is 7.61. The van der Waals surface area contributed by atoms with Crippen molar-refractivity contribution in [3.63, 3.8) is 0 Å². The Balaban J connectivity index is 3.27. The molecule has 0 saturated carbocycles. The summed E-state index contributed by atoms with van der Waals surface area (Å²) in [6.07, 6.45) is 1.65. The van der Waals surface area contributed by atoms with E-state index >= 15 is 0 Å². The molecule has 0 fully saturated rings. The Morgan fingerprint density at radius 2 is 2.00 bits per heavy atom. The molecule has 12 heavy (non-hydrogen) atoms. The normalized spacial score (nSPS) is 10.8. The molecule has 0 bridgehead atoms. The minimum absolute atomic E-state index is 0.231. The van der Waals surface area contributed by atoms with Crippen molar-refractivity contribution in [1.29, 1.82) is 0 Å². The summed E-state index contributed by atoms with van der Waals surface area (Å²) < 4.78 is 0.965. The number of nitrogens with zero attached hydrogens (tertiary/aromatic N) is 2. The van der Waals surface area contributed by atoms with Crippen molar-refractivity contribution < 1.29 is 4.73 Å². The predicted molar refractivity (Wildman–Crippen MR) is 46.8 cm³/mol. The van der Waals surface area contributed by atoms with Gasteiger partial charge in [0, 0.05) is 12.8 Å². The van der Waals surface area contributed by atoms with Crippen LogP contribution in [0.4, 0.5) is 0 Å². The summed E-state index contributed by atoms with van der Waals surface area (Å²) in [6, 6.07) is 0. The number of hydrogen-bond acceptors (Lipinski definition) is 2. The summed E-state index contributed by atoms with van der Waals surface area (Å²) in [7, 11) is 0. The number of aromatic nitrogens is 2. The van der Waals surface area contributed by atoms with Crippen LogP contribution < -0.4 is 4.73 Å². The lowest BCUT2D eigenvalue weighted by atomic mass is 10.1. The van der Waals surface area contributed by atoms with E-state index in [0.29, 0.717) is 5.69 Å². The third-order valence-electron chi connectivity index (χ3n) is 2.04. The molecule has 0 atom stereocenters. The minimum atomic E-state index is 0.231. The molecule has 66 valence electrons. The van der Waals surface area contributed by atoms with Gasteiger partial charge in [-0.25, -0.2) is 4.98 Å². The predicted octanol–water partition coefficient (Wildman–Crippen LogP) is 1.46. The third kappa shape index (κ3) is 1.40. The van der Waals surface area contributed by atoms with E-state index in [1.54, 1.807) is 13.1 Å². The summed E-state index contributed by atoms with van der Waals surface area (Å²) in [4.78, 5) is 4.14. The second kappa shape index (κ2) is 3.09. The highest BCUT2D eigenvalue weighted by atomic mass is 16.5. The molecule has 1 heterocycles. The van der Waals surface area contributed by atoms with E-state index in [1.807, 2.05) is 20.8 Å². The second-order valence-electron chi connectivity index (χ2n) is 3.30. The molecule has 0 amide bonds. The fraction of sp³-hybridized carbons (Fsp3) is 0.556. The van der Waals surface area contributed by atoms with Gasteiger partial charge in [-0.05, 0) is 6.92 Å². The van der Waals surface area contributed by atoms with Crippen molar-refractivity contribution in [2.24, 2.45) is 0 Å². The van der Waals surface area contributed by atoms with E-state index < -0.39 is 0 Å². The zero-order chi connectivity index (χ0) is 9.30. The van der Waals surface area contributed by atoms with Crippen LogP contribution in [-0.2, 0) is 0 Å². The van der Waals surface area contributed by atoms with E-state index in [2.05, 4.69) is 4.98 Å². The number of rotatable bonds is 1. The van der Waals surface area contributed by atoms with E-state index in [4.69, 9.17) is 0 Å². The SMILES string of the molecule is Cc1ncc(C(C)C)[n+]([O-])c1C. The number of aryl methyl sites for hydroxylation is 1. The lowest BCUT2D eigenvalue weighted by Crippen LogP contribution is -2.37. The van der Waals surface area contributed by atoms with Gasteiger partial charge in [-0.2, -0.15) is 4.73 Å². The van der Waals surface area contributed by atoms with E-state index in [1.165, 1.54) is 0 Å². The van der Waals surface area contributed by atoms with Gasteiger partial charge in [0.1, 0.15) is 5.69 Å². The highest BCUT2D eigenvalue weighted by molar-refractivity contribution is 5.05. The zero-order valence-corrected chi connectivity index (χ0v) is 7.96. The first-order valence-electron chi connectivity index (χ1n) is 4.09. The Morgan fingerprint density at radius 3 is 2.50 bits per heavy atom. The quantitative estimate of drug-likeness (QED) is 0.468. The lowest BCUT2D eigenvalue weighted by molar-refractivity contribution is -0.623. The first-order valence-corrected chi connectivity index (χ1v) is 4.09. The van der Waals surface area contributed by atoms with Crippen LogP contribution >= 0.6 is 0 Å². The average Bonchev–Trinajstić information content (AvgIpc) is 2.00. The monoisotopic (exact) mass is 166 g/mol. The van der Waals surface area contributed by atoms with Gasteiger partial charge in [0.2, 0.25) is 11.4 Å². The van der Waals surface area contributed by atoms with Crippen molar-refractivity contribution in [3.8, 4) is 0 Å². The first-order chi connectivity index (χ1) is 5.54. The Kier molecular flexibility index (Phi) is 2.31. The molecule has 1 rings (SSSR count). The molecular weight excluding hydrogens is 152 g/mol. The van der Waals surface area contributed by atoms with Crippen LogP contribution in [-0.4, -0.2) is 4.98 Å². The molecular formula is C9H14N2O. The molecule has 0 aromatic carbocycles. The first kappa shape index (κ1) is 8.97. The van der Waals surface area contributed by atoms with Gasteiger partial charge in [0.25, 0.3) is 0 Å². The molecule has 1 aromatic rings. The third-order valence-corrected chi connectivity index (χ3v) is 2.04. The number of hydrogen-bond donors (Lipinski definition) is 0. The van der Waals surface area contributed by atoms with Crippen molar-refractivity contribution >= 4 is 0 Å². The van der Waals surface area contributed by atoms with Gasteiger partial charge >= 0.3 is 0 Å². The summed E-state index contributed by atoms with van der Waals surface area (Å²) in [5, 5.41) is 11.5. The van der Waals surface area contributed by atoms with Crippen molar-refractivity contribution in [2.75, 3.05) is 0 Å². The van der Waals surface area contributed by atoms with Crippen LogP contribution in [0.1, 0.15) is 36.8 Å². The highest BCUT2D eigenvalue weighted by Crippen LogP contribution is 2.09. The van der Waals surface area contributed by atoms with Gasteiger partial charge in [-0.1, -0.05) is 13.8 Å². The Bertz CT molecular complexity index is 295. The van der Waals surface area contributed by atoms with Crippen LogP contribution in [0, 0.1) is 19.1 Å². The van der Waals surface area contributed by atoms with E-state index in [9.17, 15) is 5.21 Å². The standard InChI is InChI=1S/C9H14N2O/c1-6(2)9-5-10-7(3)8(4)11(9)12/h5-6H,1-4H3. The second-order valence-corrected chi connectivity index (χ2v) is 3.30. The molecule has 0 N–H and O–H groups in total. The van der Waals surface area contributed by atoms with Gasteiger partial charge < -0.3 is 5.21 Å². The largest absolute Gasteiger partial charge is 0.618 e. The minimum Gasteiger partial charge on any atom is -0.618 e. The molecule has 0 aliphatic rings.